The third kappa shape index (κ3) is 2220. The molecule has 0 bridgehead atoms. The van der Waals surface area contributed by atoms with Crippen molar-refractivity contribution in [3.05, 3.63) is 20.3 Å². The molecule has 0 aromatic rings. The number of hydrogen-bond acceptors (Lipinski definition) is 0. The van der Waals surface area contributed by atoms with Crippen molar-refractivity contribution in [1.29, 1.82) is 0 Å². The Morgan fingerprint density at radius 3 is 1.43 bits per heavy atom. The van der Waals surface area contributed by atoms with Gasteiger partial charge < -0.3 is 32.6 Å². The van der Waals surface area contributed by atoms with Crippen LogP contribution in [0.4, 0.5) is 0 Å². The van der Waals surface area contributed by atoms with Gasteiger partial charge in [0.15, 0.2) is 0 Å². The van der Waals surface area contributed by atoms with E-state index in [0.717, 1.165) is 0 Å². The maximum atomic E-state index is 5.96. The van der Waals surface area contributed by atoms with Crippen molar-refractivity contribution in [1.82, 2.24) is 0 Å². The molecule has 0 aromatic heterocycles. The first-order valence-electron chi connectivity index (χ1n) is 1.04. The van der Waals surface area contributed by atoms with Gasteiger partial charge in [0, 0.05) is 0 Å². The van der Waals surface area contributed by atoms with Gasteiger partial charge in [-0.1, -0.05) is 0 Å². The second-order valence-corrected chi connectivity index (χ2v) is 0.250. The Morgan fingerprint density at radius 1 is 1.43 bits per heavy atom. The number of terminal acetylenes is 1. The molecule has 0 rings (SSSR count). The SMILES string of the molecule is [C-]#C.[C-]#CC.[CH3-].[Y+3]. The second-order valence-electron chi connectivity index (χ2n) is 0.250. The Kier molecular flexibility index (Phi) is 436. The molecule has 0 radical (unpaired) electrons. The van der Waals surface area contributed by atoms with Gasteiger partial charge in [0.05, 0.1) is 0 Å². The van der Waals surface area contributed by atoms with E-state index in [1.807, 2.05) is 5.92 Å². The zero-order valence-corrected chi connectivity index (χ0v) is 7.49. The molecular formula is C6H7Y. The van der Waals surface area contributed by atoms with Crippen LogP contribution in [0.3, 0.4) is 0 Å². The zero-order valence-electron chi connectivity index (χ0n) is 4.65. The summed E-state index contributed by atoms with van der Waals surface area (Å²) in [6.07, 6.45) is 15.0. The van der Waals surface area contributed by atoms with E-state index in [2.05, 4.69) is 6.42 Å². The fraction of sp³-hybridized carbons (Fsp3) is 0.167. The summed E-state index contributed by atoms with van der Waals surface area (Å²) in [7, 11) is 0. The number of hydrogen-bond donors (Lipinski definition) is 0. The molecule has 0 amide bonds. The molecule has 0 fully saturated rings. The summed E-state index contributed by atoms with van der Waals surface area (Å²) in [5, 5.41) is 0. The molecule has 0 N–H and O–H groups in total. The standard InChI is InChI=1S/C3H3.C2H.CH3.Y/c1-3-2;1-2;;/h1H3;1H;1H3;/q3*-1;+3. The van der Waals surface area contributed by atoms with Gasteiger partial charge in [-0.2, -0.15) is 0 Å². The molecule has 0 aliphatic heterocycles. The van der Waals surface area contributed by atoms with Gasteiger partial charge in [-0.15, -0.1) is 0 Å². The Morgan fingerprint density at radius 2 is 1.43 bits per heavy atom. The monoisotopic (exact) mass is 168 g/mol. The van der Waals surface area contributed by atoms with Crippen molar-refractivity contribution in [2.24, 2.45) is 0 Å². The van der Waals surface area contributed by atoms with Crippen molar-refractivity contribution in [2.45, 2.75) is 6.92 Å². The van der Waals surface area contributed by atoms with E-state index >= 15 is 0 Å². The minimum absolute atomic E-state index is 0. The molecule has 0 nitrogen and oxygen atoms in total. The van der Waals surface area contributed by atoms with Crippen molar-refractivity contribution in [3.8, 4) is 12.3 Å². The Labute approximate surface area is 72.0 Å². The van der Waals surface area contributed by atoms with Gasteiger partial charge in [0.1, 0.15) is 0 Å². The topological polar surface area (TPSA) is 0 Å². The van der Waals surface area contributed by atoms with Crippen molar-refractivity contribution >= 4 is 0 Å². The summed E-state index contributed by atoms with van der Waals surface area (Å²) in [5.41, 5.74) is 0. The van der Waals surface area contributed by atoms with Crippen molar-refractivity contribution < 1.29 is 32.7 Å². The Balaban J connectivity index is -0.0000000105. The van der Waals surface area contributed by atoms with E-state index in [4.69, 9.17) is 12.8 Å². The minimum Gasteiger partial charge on any atom is -0.697 e. The normalized spacial score (nSPS) is 1.43. The summed E-state index contributed by atoms with van der Waals surface area (Å²) in [6.45, 7) is 1.54. The summed E-state index contributed by atoms with van der Waals surface area (Å²) >= 11 is 0. The molecule has 0 heterocycles. The first kappa shape index (κ1) is 26.9. The molecule has 0 saturated heterocycles. The fourth-order valence-corrected chi connectivity index (χ4v) is 0. The van der Waals surface area contributed by atoms with E-state index < -0.39 is 0 Å². The predicted molar refractivity (Wildman–Crippen MR) is 27.4 cm³/mol. The molecule has 0 aliphatic rings. The predicted octanol–water partition coefficient (Wildman–Crippen LogP) is 1.25. The third-order valence-corrected chi connectivity index (χ3v) is 0. The van der Waals surface area contributed by atoms with Gasteiger partial charge in [-0.05, 0) is 6.92 Å². The second kappa shape index (κ2) is 113. The van der Waals surface area contributed by atoms with Crippen molar-refractivity contribution in [2.75, 3.05) is 0 Å². The molecule has 0 spiro atoms. The smallest absolute Gasteiger partial charge is 0.697 e. The Bertz CT molecular complexity index is 46.9. The van der Waals surface area contributed by atoms with Crippen LogP contribution < -0.4 is 0 Å². The third-order valence-electron chi connectivity index (χ3n) is 0. The van der Waals surface area contributed by atoms with Crippen LogP contribution in [0, 0.1) is 32.6 Å². The summed E-state index contributed by atoms with van der Waals surface area (Å²) < 4.78 is 0. The molecule has 0 aromatic carbocycles. The average molecular weight is 168 g/mol. The van der Waals surface area contributed by atoms with Gasteiger partial charge >= 0.3 is 32.7 Å². The average Bonchev–Trinajstić information content (AvgIpc) is 1.46. The summed E-state index contributed by atoms with van der Waals surface area (Å²) in [5.74, 6) is 2.00. The van der Waals surface area contributed by atoms with Crippen LogP contribution in [0.1, 0.15) is 6.92 Å². The maximum Gasteiger partial charge on any atom is 3.00 e. The van der Waals surface area contributed by atoms with Crippen LogP contribution in [-0.2, 0) is 32.7 Å². The van der Waals surface area contributed by atoms with Gasteiger partial charge in [0.2, 0.25) is 0 Å². The van der Waals surface area contributed by atoms with Crippen LogP contribution in [0.2, 0.25) is 0 Å². The molecule has 34 valence electrons. The van der Waals surface area contributed by atoms with Gasteiger partial charge in [-0.3, -0.25) is 0 Å². The van der Waals surface area contributed by atoms with E-state index in [-0.39, 0.29) is 40.1 Å². The van der Waals surface area contributed by atoms with Crippen LogP contribution >= 0.6 is 0 Å². The van der Waals surface area contributed by atoms with Gasteiger partial charge in [-0.25, -0.2) is 0 Å². The minimum atomic E-state index is 0. The Hall–Kier alpha value is 0.224. The molecule has 0 aliphatic carbocycles. The van der Waals surface area contributed by atoms with Crippen molar-refractivity contribution in [3.63, 3.8) is 0 Å². The maximum absolute atomic E-state index is 5.96. The molecule has 0 atom stereocenters. The van der Waals surface area contributed by atoms with E-state index in [0.29, 0.717) is 0 Å². The van der Waals surface area contributed by atoms with E-state index in [1.54, 1.807) is 6.92 Å². The molecular weight excluding hydrogens is 161 g/mol. The van der Waals surface area contributed by atoms with Gasteiger partial charge in [0.25, 0.3) is 0 Å². The fourth-order valence-electron chi connectivity index (χ4n) is 0. The van der Waals surface area contributed by atoms with Crippen LogP contribution in [0.15, 0.2) is 0 Å². The summed E-state index contributed by atoms with van der Waals surface area (Å²) in [6, 6.07) is 0. The molecule has 7 heavy (non-hydrogen) atoms. The molecule has 0 saturated carbocycles. The summed E-state index contributed by atoms with van der Waals surface area (Å²) in [4.78, 5) is 0. The largest absolute Gasteiger partial charge is 3.00 e. The zero-order chi connectivity index (χ0) is 4.71. The molecule has 1 heteroatoms. The quantitative estimate of drug-likeness (QED) is 0.377. The van der Waals surface area contributed by atoms with E-state index in [1.165, 1.54) is 0 Å². The van der Waals surface area contributed by atoms with E-state index in [9.17, 15) is 0 Å². The van der Waals surface area contributed by atoms with Crippen LogP contribution in [-0.4, -0.2) is 0 Å². The van der Waals surface area contributed by atoms with Crippen LogP contribution in [0.25, 0.3) is 0 Å². The molecule has 0 unspecified atom stereocenters. The van der Waals surface area contributed by atoms with Crippen LogP contribution in [0.5, 0.6) is 0 Å². The number of rotatable bonds is 0. The first-order valence-corrected chi connectivity index (χ1v) is 1.04. The first-order chi connectivity index (χ1) is 2.41.